The number of hydrogen-bond donors (Lipinski definition) is 0. The normalized spacial score (nSPS) is 19.7. The number of amides is 1. The van der Waals surface area contributed by atoms with Gasteiger partial charge >= 0.3 is 0 Å². The predicted octanol–water partition coefficient (Wildman–Crippen LogP) is 3.80. The van der Waals surface area contributed by atoms with Crippen molar-refractivity contribution in [2.24, 2.45) is 0 Å². The standard InChI is InChI=1S/C12H13Cl2NOS/c1-8-4-5-15(12(16)7-13)10-6-9(14)2-3-11(10)17-8/h2-3,6,8H,4-5,7H2,1H3. The van der Waals surface area contributed by atoms with E-state index >= 15 is 0 Å². The Kier molecular flexibility index (Phi) is 4.23. The van der Waals surface area contributed by atoms with Crippen molar-refractivity contribution in [1.29, 1.82) is 0 Å². The number of thioether (sulfide) groups is 1. The van der Waals surface area contributed by atoms with Gasteiger partial charge in [0.25, 0.3) is 0 Å². The minimum Gasteiger partial charge on any atom is -0.310 e. The number of fused-ring (bicyclic) bond motifs is 1. The fourth-order valence-electron chi connectivity index (χ4n) is 1.84. The Hall–Kier alpha value is -0.380. The summed E-state index contributed by atoms with van der Waals surface area (Å²) in [4.78, 5) is 14.7. The minimum atomic E-state index is -0.0649. The van der Waals surface area contributed by atoms with Crippen LogP contribution in [-0.4, -0.2) is 23.6 Å². The zero-order valence-corrected chi connectivity index (χ0v) is 11.8. The van der Waals surface area contributed by atoms with Crippen LogP contribution in [0, 0.1) is 0 Å². The van der Waals surface area contributed by atoms with Gasteiger partial charge in [0, 0.05) is 21.7 Å². The smallest absolute Gasteiger partial charge is 0.241 e. The number of anilines is 1. The number of carbonyl (C=O) groups excluding carboxylic acids is 1. The van der Waals surface area contributed by atoms with Gasteiger partial charge in [-0.2, -0.15) is 0 Å². The molecule has 0 aromatic heterocycles. The summed E-state index contributed by atoms with van der Waals surface area (Å²) >= 11 is 13.4. The molecule has 92 valence electrons. The van der Waals surface area contributed by atoms with E-state index in [1.54, 1.807) is 16.7 Å². The van der Waals surface area contributed by atoms with E-state index < -0.39 is 0 Å². The van der Waals surface area contributed by atoms with Crippen LogP contribution < -0.4 is 4.90 Å². The molecule has 0 spiro atoms. The van der Waals surface area contributed by atoms with Gasteiger partial charge in [-0.3, -0.25) is 4.79 Å². The highest BCUT2D eigenvalue weighted by molar-refractivity contribution is 8.00. The molecule has 2 rings (SSSR count). The summed E-state index contributed by atoms with van der Waals surface area (Å²) < 4.78 is 0. The highest BCUT2D eigenvalue weighted by atomic mass is 35.5. The van der Waals surface area contributed by atoms with Gasteiger partial charge in [-0.1, -0.05) is 18.5 Å². The summed E-state index contributed by atoms with van der Waals surface area (Å²) in [6, 6.07) is 5.67. The molecule has 0 saturated heterocycles. The van der Waals surface area contributed by atoms with Crippen LogP contribution in [-0.2, 0) is 4.79 Å². The number of hydrogen-bond acceptors (Lipinski definition) is 2. The first-order chi connectivity index (χ1) is 8.11. The van der Waals surface area contributed by atoms with Gasteiger partial charge in [0.2, 0.25) is 5.91 Å². The van der Waals surface area contributed by atoms with Crippen LogP contribution in [0.5, 0.6) is 0 Å². The van der Waals surface area contributed by atoms with Crippen molar-refractivity contribution in [2.75, 3.05) is 17.3 Å². The monoisotopic (exact) mass is 289 g/mol. The molecule has 1 atom stereocenters. The molecule has 1 aromatic carbocycles. The molecule has 5 heteroatoms. The van der Waals surface area contributed by atoms with Crippen molar-refractivity contribution < 1.29 is 4.79 Å². The maximum Gasteiger partial charge on any atom is 0.241 e. The quantitative estimate of drug-likeness (QED) is 0.733. The summed E-state index contributed by atoms with van der Waals surface area (Å²) in [5.41, 5.74) is 0.887. The molecule has 1 unspecified atom stereocenters. The Morgan fingerprint density at radius 1 is 1.59 bits per heavy atom. The lowest BCUT2D eigenvalue weighted by Crippen LogP contribution is -2.33. The third-order valence-electron chi connectivity index (χ3n) is 2.71. The summed E-state index contributed by atoms with van der Waals surface area (Å²) in [6.07, 6.45) is 0.958. The average molecular weight is 290 g/mol. The minimum absolute atomic E-state index is 0.00496. The van der Waals surface area contributed by atoms with Gasteiger partial charge in [-0.25, -0.2) is 0 Å². The number of benzene rings is 1. The zero-order valence-electron chi connectivity index (χ0n) is 9.45. The fourth-order valence-corrected chi connectivity index (χ4v) is 3.24. The molecule has 2 nitrogen and oxygen atoms in total. The van der Waals surface area contributed by atoms with Crippen LogP contribution in [0.25, 0.3) is 0 Å². The van der Waals surface area contributed by atoms with Gasteiger partial charge in [-0.15, -0.1) is 23.4 Å². The Morgan fingerprint density at radius 3 is 3.06 bits per heavy atom. The molecule has 0 fully saturated rings. The van der Waals surface area contributed by atoms with Crippen molar-refractivity contribution >= 4 is 46.6 Å². The maximum absolute atomic E-state index is 11.8. The van der Waals surface area contributed by atoms with Crippen molar-refractivity contribution in [3.05, 3.63) is 23.2 Å². The zero-order chi connectivity index (χ0) is 12.4. The van der Waals surface area contributed by atoms with E-state index in [0.717, 1.165) is 17.0 Å². The fraction of sp³-hybridized carbons (Fsp3) is 0.417. The van der Waals surface area contributed by atoms with E-state index in [0.29, 0.717) is 16.8 Å². The van der Waals surface area contributed by atoms with E-state index in [9.17, 15) is 4.79 Å². The van der Waals surface area contributed by atoms with Crippen molar-refractivity contribution in [1.82, 2.24) is 0 Å². The van der Waals surface area contributed by atoms with Gasteiger partial charge in [-0.05, 0) is 24.6 Å². The molecule has 0 saturated carbocycles. The van der Waals surface area contributed by atoms with Crippen molar-refractivity contribution in [3.63, 3.8) is 0 Å². The van der Waals surface area contributed by atoms with Crippen LogP contribution >= 0.6 is 35.0 Å². The molecule has 1 aliphatic rings. The molecule has 1 aliphatic heterocycles. The molecule has 1 heterocycles. The van der Waals surface area contributed by atoms with E-state index in [-0.39, 0.29) is 11.8 Å². The Labute approximate surface area is 115 Å². The first-order valence-electron chi connectivity index (χ1n) is 5.44. The molecule has 1 amide bonds. The molecule has 0 radical (unpaired) electrons. The lowest BCUT2D eigenvalue weighted by atomic mass is 10.2. The Balaban J connectivity index is 2.44. The third-order valence-corrected chi connectivity index (χ3v) is 4.42. The second kappa shape index (κ2) is 5.51. The van der Waals surface area contributed by atoms with Gasteiger partial charge in [0.05, 0.1) is 5.69 Å². The number of carbonyl (C=O) groups is 1. The predicted molar refractivity (Wildman–Crippen MR) is 74.5 cm³/mol. The Morgan fingerprint density at radius 2 is 2.35 bits per heavy atom. The molecular formula is C12H13Cl2NOS. The van der Waals surface area contributed by atoms with Crippen molar-refractivity contribution in [3.8, 4) is 0 Å². The summed E-state index contributed by atoms with van der Waals surface area (Å²) in [5, 5.41) is 1.13. The van der Waals surface area contributed by atoms with Crippen LogP contribution in [0.15, 0.2) is 23.1 Å². The summed E-state index contributed by atoms with van der Waals surface area (Å²) in [7, 11) is 0. The number of rotatable bonds is 1. The van der Waals surface area contributed by atoms with E-state index in [1.807, 2.05) is 18.2 Å². The van der Waals surface area contributed by atoms with Gasteiger partial charge in [0.15, 0.2) is 0 Å². The van der Waals surface area contributed by atoms with Gasteiger partial charge in [0.1, 0.15) is 5.88 Å². The first-order valence-corrected chi connectivity index (χ1v) is 7.23. The van der Waals surface area contributed by atoms with E-state index in [4.69, 9.17) is 23.2 Å². The topological polar surface area (TPSA) is 20.3 Å². The van der Waals surface area contributed by atoms with Crippen LogP contribution in [0.3, 0.4) is 0 Å². The third kappa shape index (κ3) is 2.90. The molecule has 0 aliphatic carbocycles. The van der Waals surface area contributed by atoms with E-state index in [2.05, 4.69) is 6.92 Å². The highest BCUT2D eigenvalue weighted by Gasteiger charge is 2.23. The molecular weight excluding hydrogens is 277 g/mol. The molecule has 0 bridgehead atoms. The molecule has 1 aromatic rings. The van der Waals surface area contributed by atoms with Crippen LogP contribution in [0.2, 0.25) is 5.02 Å². The second-order valence-electron chi connectivity index (χ2n) is 4.01. The molecule has 0 N–H and O–H groups in total. The van der Waals surface area contributed by atoms with E-state index in [1.165, 1.54) is 0 Å². The van der Waals surface area contributed by atoms with Crippen LogP contribution in [0.1, 0.15) is 13.3 Å². The lowest BCUT2D eigenvalue weighted by Gasteiger charge is -2.21. The molecule has 17 heavy (non-hydrogen) atoms. The largest absolute Gasteiger partial charge is 0.310 e. The highest BCUT2D eigenvalue weighted by Crippen LogP contribution is 2.38. The summed E-state index contributed by atoms with van der Waals surface area (Å²) in [6.45, 7) is 2.87. The van der Waals surface area contributed by atoms with Gasteiger partial charge < -0.3 is 4.90 Å². The first kappa shape index (κ1) is 13.1. The summed E-state index contributed by atoms with van der Waals surface area (Å²) in [5.74, 6) is -0.0600. The number of alkyl halides is 1. The number of halogens is 2. The lowest BCUT2D eigenvalue weighted by molar-refractivity contribution is -0.116. The average Bonchev–Trinajstić information content (AvgIpc) is 2.47. The van der Waals surface area contributed by atoms with Crippen LogP contribution in [0.4, 0.5) is 5.69 Å². The van der Waals surface area contributed by atoms with Crippen molar-refractivity contribution in [2.45, 2.75) is 23.5 Å². The Bertz CT molecular complexity index is 439. The second-order valence-corrected chi connectivity index (χ2v) is 6.19. The number of nitrogens with zero attached hydrogens (tertiary/aromatic N) is 1. The maximum atomic E-state index is 11.8. The SMILES string of the molecule is CC1CCN(C(=O)CCl)c2cc(Cl)ccc2S1.